The third-order valence-corrected chi connectivity index (χ3v) is 3.52. The lowest BCUT2D eigenvalue weighted by Gasteiger charge is -2.32. The van der Waals surface area contributed by atoms with E-state index in [1.807, 2.05) is 0 Å². The second-order valence-corrected chi connectivity index (χ2v) is 4.98. The molecule has 2 rings (SSSR count). The van der Waals surface area contributed by atoms with Gasteiger partial charge in [0.05, 0.1) is 39.0 Å². The smallest absolute Gasteiger partial charge is 0.328 e. The Kier molecular flexibility index (Phi) is 5.75. The summed E-state index contributed by atoms with van der Waals surface area (Å²) in [5.74, 6) is -1.23. The van der Waals surface area contributed by atoms with Gasteiger partial charge in [-0.1, -0.05) is 0 Å². The average molecular weight is 287 g/mol. The molecule has 7 nitrogen and oxygen atoms in total. The van der Waals surface area contributed by atoms with Crippen LogP contribution in [0.3, 0.4) is 0 Å². The first-order chi connectivity index (χ1) is 9.68. The molecule has 0 radical (unpaired) electrons. The van der Waals surface area contributed by atoms with Crippen molar-refractivity contribution in [2.75, 3.05) is 39.6 Å². The van der Waals surface area contributed by atoms with E-state index in [-0.39, 0.29) is 25.0 Å². The zero-order chi connectivity index (χ0) is 14.4. The third kappa shape index (κ3) is 4.16. The lowest BCUT2D eigenvalue weighted by atomic mass is 10.2. The van der Waals surface area contributed by atoms with Gasteiger partial charge in [0.25, 0.3) is 0 Å². The SMILES string of the molecule is O=C(O)[C@@H]1COCCN1C(=O)CCOC[C@H]1CCCO1. The number of aliphatic carboxylic acids is 1. The summed E-state index contributed by atoms with van der Waals surface area (Å²) in [4.78, 5) is 24.4. The van der Waals surface area contributed by atoms with Gasteiger partial charge in [-0.15, -0.1) is 0 Å². The van der Waals surface area contributed by atoms with Crippen LogP contribution in [0.2, 0.25) is 0 Å². The lowest BCUT2D eigenvalue weighted by molar-refractivity contribution is -0.158. The second-order valence-electron chi connectivity index (χ2n) is 4.98. The molecule has 0 aromatic heterocycles. The number of ether oxygens (including phenoxy) is 3. The van der Waals surface area contributed by atoms with Crippen LogP contribution in [0.25, 0.3) is 0 Å². The molecule has 0 aromatic carbocycles. The Hall–Kier alpha value is -1.18. The number of carbonyl (C=O) groups is 2. The van der Waals surface area contributed by atoms with Crippen molar-refractivity contribution in [3.63, 3.8) is 0 Å². The van der Waals surface area contributed by atoms with Crippen molar-refractivity contribution in [2.45, 2.75) is 31.4 Å². The number of carbonyl (C=O) groups excluding carboxylic acids is 1. The van der Waals surface area contributed by atoms with E-state index in [0.29, 0.717) is 26.4 Å². The number of morpholine rings is 1. The number of amides is 1. The van der Waals surface area contributed by atoms with E-state index in [1.165, 1.54) is 4.90 Å². The Morgan fingerprint density at radius 2 is 2.20 bits per heavy atom. The number of carboxylic acids is 1. The quantitative estimate of drug-likeness (QED) is 0.686. The Balaban J connectivity index is 1.68. The molecule has 0 saturated carbocycles. The molecule has 20 heavy (non-hydrogen) atoms. The molecule has 2 aliphatic heterocycles. The van der Waals surface area contributed by atoms with E-state index >= 15 is 0 Å². The summed E-state index contributed by atoms with van der Waals surface area (Å²) in [6.07, 6.45) is 2.39. The van der Waals surface area contributed by atoms with E-state index in [1.54, 1.807) is 0 Å². The predicted octanol–water partition coefficient (Wildman–Crippen LogP) is -0.116. The fraction of sp³-hybridized carbons (Fsp3) is 0.846. The Bertz CT molecular complexity index is 342. The highest BCUT2D eigenvalue weighted by atomic mass is 16.5. The van der Waals surface area contributed by atoms with Gasteiger partial charge in [-0.05, 0) is 12.8 Å². The van der Waals surface area contributed by atoms with Crippen molar-refractivity contribution in [2.24, 2.45) is 0 Å². The highest BCUT2D eigenvalue weighted by Crippen LogP contribution is 2.13. The Morgan fingerprint density at radius 3 is 2.90 bits per heavy atom. The van der Waals surface area contributed by atoms with Crippen molar-refractivity contribution in [3.8, 4) is 0 Å². The molecule has 0 aromatic rings. The van der Waals surface area contributed by atoms with Gasteiger partial charge in [-0.3, -0.25) is 4.79 Å². The van der Waals surface area contributed by atoms with E-state index in [0.717, 1.165) is 19.4 Å². The van der Waals surface area contributed by atoms with E-state index in [9.17, 15) is 9.59 Å². The van der Waals surface area contributed by atoms with Gasteiger partial charge in [0.15, 0.2) is 6.04 Å². The van der Waals surface area contributed by atoms with Crippen LogP contribution < -0.4 is 0 Å². The highest BCUT2D eigenvalue weighted by Gasteiger charge is 2.32. The summed E-state index contributed by atoms with van der Waals surface area (Å²) < 4.78 is 15.9. The molecule has 114 valence electrons. The third-order valence-electron chi connectivity index (χ3n) is 3.52. The molecule has 0 bridgehead atoms. The van der Waals surface area contributed by atoms with Crippen molar-refractivity contribution < 1.29 is 28.9 Å². The van der Waals surface area contributed by atoms with Crippen LogP contribution >= 0.6 is 0 Å². The normalized spacial score (nSPS) is 26.7. The zero-order valence-electron chi connectivity index (χ0n) is 11.5. The minimum absolute atomic E-state index is 0.0534. The number of nitrogens with zero attached hydrogens (tertiary/aromatic N) is 1. The predicted molar refractivity (Wildman–Crippen MR) is 68.4 cm³/mol. The minimum Gasteiger partial charge on any atom is -0.480 e. The molecule has 2 fully saturated rings. The molecule has 2 saturated heterocycles. The molecule has 0 spiro atoms. The molecule has 2 heterocycles. The first-order valence-electron chi connectivity index (χ1n) is 6.98. The monoisotopic (exact) mass is 287 g/mol. The van der Waals surface area contributed by atoms with Crippen LogP contribution in [0, 0.1) is 0 Å². The molecule has 0 aliphatic carbocycles. The highest BCUT2D eigenvalue weighted by molar-refractivity contribution is 5.84. The lowest BCUT2D eigenvalue weighted by Crippen LogP contribution is -2.52. The van der Waals surface area contributed by atoms with Gasteiger partial charge < -0.3 is 24.2 Å². The van der Waals surface area contributed by atoms with Crippen LogP contribution in [-0.2, 0) is 23.8 Å². The Labute approximate surface area is 117 Å². The van der Waals surface area contributed by atoms with Crippen LogP contribution in [-0.4, -0.2) is 73.6 Å². The van der Waals surface area contributed by atoms with Crippen LogP contribution in [0.1, 0.15) is 19.3 Å². The van der Waals surface area contributed by atoms with Gasteiger partial charge in [0, 0.05) is 13.2 Å². The summed E-state index contributed by atoms with van der Waals surface area (Å²) in [7, 11) is 0. The molecular formula is C13H21NO6. The van der Waals surface area contributed by atoms with Crippen LogP contribution in [0.4, 0.5) is 0 Å². The van der Waals surface area contributed by atoms with Crippen molar-refractivity contribution >= 4 is 11.9 Å². The van der Waals surface area contributed by atoms with Gasteiger partial charge >= 0.3 is 5.97 Å². The van der Waals surface area contributed by atoms with Gasteiger partial charge in [-0.2, -0.15) is 0 Å². The molecule has 1 N–H and O–H groups in total. The van der Waals surface area contributed by atoms with Crippen molar-refractivity contribution in [1.29, 1.82) is 0 Å². The topological polar surface area (TPSA) is 85.3 Å². The van der Waals surface area contributed by atoms with E-state index in [4.69, 9.17) is 19.3 Å². The maximum Gasteiger partial charge on any atom is 0.328 e. The zero-order valence-corrected chi connectivity index (χ0v) is 11.5. The van der Waals surface area contributed by atoms with Crippen molar-refractivity contribution in [3.05, 3.63) is 0 Å². The first kappa shape index (κ1) is 15.2. The largest absolute Gasteiger partial charge is 0.480 e. The standard InChI is InChI=1S/C13H21NO6/c15-12(3-6-18-8-10-2-1-5-20-10)14-4-7-19-9-11(14)13(16)17/h10-11H,1-9H2,(H,16,17)/t10-,11+/m1/s1. The fourth-order valence-electron chi connectivity index (χ4n) is 2.40. The summed E-state index contributed by atoms with van der Waals surface area (Å²) in [6, 6.07) is -0.880. The number of hydrogen-bond donors (Lipinski definition) is 1. The molecule has 7 heteroatoms. The number of rotatable bonds is 6. The van der Waals surface area contributed by atoms with Crippen LogP contribution in [0.5, 0.6) is 0 Å². The second kappa shape index (κ2) is 7.56. The minimum atomic E-state index is -1.03. The van der Waals surface area contributed by atoms with Crippen LogP contribution in [0.15, 0.2) is 0 Å². The van der Waals surface area contributed by atoms with Gasteiger partial charge in [0.1, 0.15) is 0 Å². The number of hydrogen-bond acceptors (Lipinski definition) is 5. The maximum absolute atomic E-state index is 12.0. The summed E-state index contributed by atoms with van der Waals surface area (Å²) in [5, 5.41) is 9.05. The summed E-state index contributed by atoms with van der Waals surface area (Å²) in [5.41, 5.74) is 0. The first-order valence-corrected chi connectivity index (χ1v) is 6.98. The van der Waals surface area contributed by atoms with E-state index < -0.39 is 12.0 Å². The fourth-order valence-corrected chi connectivity index (χ4v) is 2.40. The van der Waals surface area contributed by atoms with E-state index in [2.05, 4.69) is 0 Å². The van der Waals surface area contributed by atoms with Gasteiger partial charge in [-0.25, -0.2) is 4.79 Å². The Morgan fingerprint density at radius 1 is 1.35 bits per heavy atom. The molecular weight excluding hydrogens is 266 g/mol. The molecule has 2 atom stereocenters. The number of carboxylic acid groups (broad SMARTS) is 1. The molecule has 2 aliphatic rings. The summed E-state index contributed by atoms with van der Waals surface area (Å²) in [6.45, 7) is 2.33. The average Bonchev–Trinajstić information content (AvgIpc) is 2.96. The molecule has 1 amide bonds. The maximum atomic E-state index is 12.0. The summed E-state index contributed by atoms with van der Waals surface area (Å²) >= 11 is 0. The molecule has 0 unspecified atom stereocenters. The van der Waals surface area contributed by atoms with Crippen molar-refractivity contribution in [1.82, 2.24) is 4.90 Å². The van der Waals surface area contributed by atoms with Gasteiger partial charge in [0.2, 0.25) is 5.91 Å².